The molecule has 0 aromatic carbocycles. The first-order chi connectivity index (χ1) is 7.02. The van der Waals surface area contributed by atoms with Crippen molar-refractivity contribution in [2.24, 2.45) is 0 Å². The van der Waals surface area contributed by atoms with Crippen LogP contribution < -0.4 is 0 Å². The molecule has 0 amide bonds. The molecule has 0 aliphatic carbocycles. The Kier molecular flexibility index (Phi) is 6.20. The number of hydrogen-bond acceptors (Lipinski definition) is 3. The first-order valence-electron chi connectivity index (χ1n) is 4.04. The van der Waals surface area contributed by atoms with Gasteiger partial charge in [-0.3, -0.25) is 4.98 Å². The lowest BCUT2D eigenvalue weighted by atomic mass is 10.4. The van der Waals surface area contributed by atoms with Crippen molar-refractivity contribution < 1.29 is 19.8 Å². The lowest BCUT2D eigenvalue weighted by Gasteiger charge is -1.82. The van der Waals surface area contributed by atoms with Gasteiger partial charge in [-0.25, -0.2) is 9.59 Å². The average molecular weight is 209 g/mol. The quantitative estimate of drug-likeness (QED) is 0.712. The van der Waals surface area contributed by atoms with Gasteiger partial charge in [0.05, 0.1) is 0 Å². The molecule has 1 heterocycles. The number of carboxylic acid groups (broad SMARTS) is 2. The zero-order valence-corrected chi connectivity index (χ0v) is 8.12. The highest BCUT2D eigenvalue weighted by atomic mass is 16.4. The molecule has 1 aromatic rings. The van der Waals surface area contributed by atoms with E-state index in [1.807, 2.05) is 25.1 Å². The van der Waals surface area contributed by atoms with Gasteiger partial charge in [0, 0.05) is 24.0 Å². The van der Waals surface area contributed by atoms with Gasteiger partial charge in [0.2, 0.25) is 0 Å². The molecule has 0 radical (unpaired) electrons. The summed E-state index contributed by atoms with van der Waals surface area (Å²) in [6.45, 7) is 1.97. The second kappa shape index (κ2) is 7.25. The van der Waals surface area contributed by atoms with Gasteiger partial charge in [-0.2, -0.15) is 0 Å². The molecule has 1 rings (SSSR count). The second-order valence-corrected chi connectivity index (χ2v) is 2.48. The van der Waals surface area contributed by atoms with Crippen molar-refractivity contribution in [3.63, 3.8) is 0 Å². The van der Waals surface area contributed by atoms with Crippen molar-refractivity contribution in [2.45, 2.75) is 6.92 Å². The number of pyridine rings is 1. The molecule has 0 unspecified atom stereocenters. The number of aromatic nitrogens is 1. The molecule has 5 heteroatoms. The SMILES string of the molecule is Cc1ccccn1.O=C(O)C=CC(=O)O. The third kappa shape index (κ3) is 9.75. The largest absolute Gasteiger partial charge is 0.478 e. The minimum Gasteiger partial charge on any atom is -0.478 e. The average Bonchev–Trinajstić information content (AvgIpc) is 2.17. The third-order valence-corrected chi connectivity index (χ3v) is 1.18. The smallest absolute Gasteiger partial charge is 0.328 e. The number of aryl methyl sites for hydroxylation is 1. The predicted molar refractivity (Wildman–Crippen MR) is 53.4 cm³/mol. The maximum Gasteiger partial charge on any atom is 0.328 e. The summed E-state index contributed by atoms with van der Waals surface area (Å²) in [5.74, 6) is -2.51. The van der Waals surface area contributed by atoms with Crippen molar-refractivity contribution in [3.8, 4) is 0 Å². The zero-order valence-electron chi connectivity index (χ0n) is 8.12. The Bertz CT molecular complexity index is 330. The van der Waals surface area contributed by atoms with E-state index in [0.717, 1.165) is 5.69 Å². The van der Waals surface area contributed by atoms with E-state index in [1.54, 1.807) is 6.20 Å². The van der Waals surface area contributed by atoms with E-state index in [0.29, 0.717) is 12.2 Å². The van der Waals surface area contributed by atoms with Crippen LogP contribution in [0.3, 0.4) is 0 Å². The summed E-state index contributed by atoms with van der Waals surface area (Å²) in [4.78, 5) is 23.1. The fraction of sp³-hybridized carbons (Fsp3) is 0.100. The van der Waals surface area contributed by atoms with E-state index in [-0.39, 0.29) is 0 Å². The van der Waals surface area contributed by atoms with Crippen molar-refractivity contribution >= 4 is 11.9 Å². The molecule has 80 valence electrons. The molecule has 1 aromatic heterocycles. The molecule has 2 N–H and O–H groups in total. The van der Waals surface area contributed by atoms with Gasteiger partial charge in [-0.15, -0.1) is 0 Å². The van der Waals surface area contributed by atoms with E-state index in [2.05, 4.69) is 4.98 Å². The molecule has 0 spiro atoms. The highest BCUT2D eigenvalue weighted by Crippen LogP contribution is 1.86. The summed E-state index contributed by atoms with van der Waals surface area (Å²) in [5, 5.41) is 15.6. The third-order valence-electron chi connectivity index (χ3n) is 1.18. The normalized spacial score (nSPS) is 9.13. The topological polar surface area (TPSA) is 87.5 Å². The van der Waals surface area contributed by atoms with Gasteiger partial charge < -0.3 is 10.2 Å². The summed E-state index contributed by atoms with van der Waals surface area (Å²) in [5.41, 5.74) is 1.07. The maximum atomic E-state index is 9.55. The summed E-state index contributed by atoms with van der Waals surface area (Å²) in [6.07, 6.45) is 2.90. The Morgan fingerprint density at radius 3 is 1.93 bits per heavy atom. The highest BCUT2D eigenvalue weighted by molar-refractivity contribution is 5.89. The Hall–Kier alpha value is -2.17. The Morgan fingerprint density at radius 2 is 1.73 bits per heavy atom. The molecule has 0 atom stereocenters. The number of hydrogen-bond donors (Lipinski definition) is 2. The second-order valence-electron chi connectivity index (χ2n) is 2.48. The lowest BCUT2D eigenvalue weighted by Crippen LogP contribution is -1.91. The van der Waals surface area contributed by atoms with Crippen molar-refractivity contribution in [1.82, 2.24) is 4.98 Å². The molecule has 15 heavy (non-hydrogen) atoms. The Labute approximate surface area is 86.7 Å². The van der Waals surface area contributed by atoms with E-state index in [9.17, 15) is 9.59 Å². The van der Waals surface area contributed by atoms with Gasteiger partial charge in [-0.05, 0) is 19.1 Å². The van der Waals surface area contributed by atoms with Crippen LogP contribution in [-0.4, -0.2) is 27.1 Å². The molecule has 0 aliphatic rings. The molecule has 0 aliphatic heterocycles. The van der Waals surface area contributed by atoms with Gasteiger partial charge >= 0.3 is 11.9 Å². The standard InChI is InChI=1S/C6H7N.C4H4O4/c1-6-4-2-3-5-7-6;5-3(6)1-2-4(7)8/h2-5H,1H3;1-2H,(H,5,6)(H,7,8). The molecule has 0 fully saturated rings. The van der Waals surface area contributed by atoms with Crippen LogP contribution in [0.1, 0.15) is 5.69 Å². The molecular formula is C10H11NO4. The lowest BCUT2D eigenvalue weighted by molar-refractivity contribution is -0.134. The number of rotatable bonds is 2. The minimum atomic E-state index is -1.26. The van der Waals surface area contributed by atoms with Crippen LogP contribution in [0.15, 0.2) is 36.5 Å². The van der Waals surface area contributed by atoms with Crippen LogP contribution in [-0.2, 0) is 9.59 Å². The summed E-state index contributed by atoms with van der Waals surface area (Å²) in [6, 6.07) is 5.86. The monoisotopic (exact) mass is 209 g/mol. The number of carboxylic acids is 2. The number of nitrogens with zero attached hydrogens (tertiary/aromatic N) is 1. The molecule has 0 saturated heterocycles. The Morgan fingerprint density at radius 1 is 1.20 bits per heavy atom. The van der Waals surface area contributed by atoms with Crippen LogP contribution in [0.2, 0.25) is 0 Å². The zero-order chi connectivity index (χ0) is 11.7. The summed E-state index contributed by atoms with van der Waals surface area (Å²) in [7, 11) is 0. The van der Waals surface area contributed by atoms with E-state index < -0.39 is 11.9 Å². The molecule has 0 bridgehead atoms. The first kappa shape index (κ1) is 12.8. The first-order valence-corrected chi connectivity index (χ1v) is 4.04. The fourth-order valence-corrected chi connectivity index (χ4v) is 0.591. The summed E-state index contributed by atoms with van der Waals surface area (Å²) < 4.78 is 0. The highest BCUT2D eigenvalue weighted by Gasteiger charge is 1.88. The molecule has 5 nitrogen and oxygen atoms in total. The Balaban J connectivity index is 0.000000262. The van der Waals surface area contributed by atoms with Gasteiger partial charge in [0.1, 0.15) is 0 Å². The minimum absolute atomic E-state index is 0.558. The molecular weight excluding hydrogens is 198 g/mol. The van der Waals surface area contributed by atoms with Gasteiger partial charge in [0.15, 0.2) is 0 Å². The predicted octanol–water partition coefficient (Wildman–Crippen LogP) is 1.10. The van der Waals surface area contributed by atoms with E-state index in [4.69, 9.17) is 10.2 Å². The summed E-state index contributed by atoms with van der Waals surface area (Å²) >= 11 is 0. The van der Waals surface area contributed by atoms with Crippen LogP contribution in [0, 0.1) is 6.92 Å². The number of carbonyl (C=O) groups is 2. The number of aliphatic carboxylic acids is 2. The van der Waals surface area contributed by atoms with Crippen LogP contribution >= 0.6 is 0 Å². The van der Waals surface area contributed by atoms with Crippen LogP contribution in [0.4, 0.5) is 0 Å². The van der Waals surface area contributed by atoms with E-state index in [1.165, 1.54) is 0 Å². The van der Waals surface area contributed by atoms with Crippen molar-refractivity contribution in [2.75, 3.05) is 0 Å². The van der Waals surface area contributed by atoms with Crippen molar-refractivity contribution in [1.29, 1.82) is 0 Å². The van der Waals surface area contributed by atoms with Crippen molar-refractivity contribution in [3.05, 3.63) is 42.2 Å². The molecule has 0 saturated carbocycles. The van der Waals surface area contributed by atoms with E-state index >= 15 is 0 Å². The fourth-order valence-electron chi connectivity index (χ4n) is 0.591. The van der Waals surface area contributed by atoms with Crippen LogP contribution in [0.5, 0.6) is 0 Å². The van der Waals surface area contributed by atoms with Crippen LogP contribution in [0.25, 0.3) is 0 Å². The van der Waals surface area contributed by atoms with Gasteiger partial charge in [-0.1, -0.05) is 6.07 Å². The maximum absolute atomic E-state index is 9.55. The van der Waals surface area contributed by atoms with Gasteiger partial charge in [0.25, 0.3) is 0 Å².